The Bertz CT molecular complexity index is 906. The van der Waals surface area contributed by atoms with Crippen molar-refractivity contribution in [1.29, 1.82) is 0 Å². The SMILES string of the molecule is CCCC(=O)N=C1S/C(=C\c2cc(Br)c(OC)cc2OC)C(O)=C1C(=O)OCC. The summed E-state index contributed by atoms with van der Waals surface area (Å²) >= 11 is 4.45. The molecular formula is C20H22BrNO6S. The molecule has 0 bridgehead atoms. The van der Waals surface area contributed by atoms with Crippen LogP contribution in [-0.2, 0) is 14.3 Å². The molecule has 0 aliphatic carbocycles. The van der Waals surface area contributed by atoms with E-state index in [0.29, 0.717) is 32.9 Å². The third kappa shape index (κ3) is 5.42. The maximum atomic E-state index is 12.3. The van der Waals surface area contributed by atoms with Crippen molar-refractivity contribution < 1.29 is 28.9 Å². The van der Waals surface area contributed by atoms with Crippen LogP contribution in [0.3, 0.4) is 0 Å². The number of benzene rings is 1. The number of carbonyl (C=O) groups is 2. The second kappa shape index (κ2) is 10.5. The first-order valence-corrected chi connectivity index (χ1v) is 10.5. The summed E-state index contributed by atoms with van der Waals surface area (Å²) in [5.41, 5.74) is 0.526. The average Bonchev–Trinajstić information content (AvgIpc) is 2.97. The maximum absolute atomic E-state index is 12.3. The first-order valence-electron chi connectivity index (χ1n) is 8.89. The van der Waals surface area contributed by atoms with E-state index in [2.05, 4.69) is 20.9 Å². The van der Waals surface area contributed by atoms with E-state index in [4.69, 9.17) is 14.2 Å². The topological polar surface area (TPSA) is 94.4 Å². The number of ether oxygens (including phenoxy) is 3. The fraction of sp³-hybridized carbons (Fsp3) is 0.350. The Morgan fingerprint density at radius 1 is 1.21 bits per heavy atom. The molecule has 0 atom stereocenters. The molecule has 7 nitrogen and oxygen atoms in total. The number of nitrogens with zero attached hydrogens (tertiary/aromatic N) is 1. The minimum atomic E-state index is -0.730. The van der Waals surface area contributed by atoms with Gasteiger partial charge in [0.1, 0.15) is 27.9 Å². The lowest BCUT2D eigenvalue weighted by atomic mass is 10.1. The number of esters is 1. The van der Waals surface area contributed by atoms with Gasteiger partial charge in [0, 0.05) is 18.1 Å². The monoisotopic (exact) mass is 483 g/mol. The molecule has 2 rings (SSSR count). The fourth-order valence-corrected chi connectivity index (χ4v) is 4.06. The zero-order valence-electron chi connectivity index (χ0n) is 16.6. The Kier molecular flexibility index (Phi) is 8.33. The molecule has 1 N–H and O–H groups in total. The van der Waals surface area contributed by atoms with Crippen LogP contribution in [0.25, 0.3) is 6.08 Å². The summed E-state index contributed by atoms with van der Waals surface area (Å²) in [7, 11) is 3.06. The number of methoxy groups -OCH3 is 2. The number of halogens is 1. The van der Waals surface area contributed by atoms with Gasteiger partial charge in [-0.05, 0) is 41.4 Å². The van der Waals surface area contributed by atoms with E-state index in [1.807, 2.05) is 6.92 Å². The van der Waals surface area contributed by atoms with Crippen LogP contribution in [0.1, 0.15) is 32.3 Å². The number of aliphatic imine (C=N–C) groups is 1. The van der Waals surface area contributed by atoms with E-state index in [-0.39, 0.29) is 35.3 Å². The molecule has 1 amide bonds. The summed E-state index contributed by atoms with van der Waals surface area (Å²) < 4.78 is 16.4. The van der Waals surface area contributed by atoms with Crippen molar-refractivity contribution >= 4 is 50.7 Å². The summed E-state index contributed by atoms with van der Waals surface area (Å²) in [6, 6.07) is 3.46. The van der Waals surface area contributed by atoms with E-state index >= 15 is 0 Å². The molecule has 1 aliphatic rings. The van der Waals surface area contributed by atoms with E-state index < -0.39 is 5.97 Å². The zero-order valence-corrected chi connectivity index (χ0v) is 19.0. The number of hydrogen-bond donors (Lipinski definition) is 1. The smallest absolute Gasteiger partial charge is 0.344 e. The van der Waals surface area contributed by atoms with Gasteiger partial charge in [-0.1, -0.05) is 18.7 Å². The lowest BCUT2D eigenvalue weighted by Crippen LogP contribution is -2.14. The predicted octanol–water partition coefficient (Wildman–Crippen LogP) is 4.65. The van der Waals surface area contributed by atoms with E-state index in [1.165, 1.54) is 7.11 Å². The number of carbonyl (C=O) groups excluding carboxylic acids is 2. The first kappa shape index (κ1) is 23.0. The molecule has 0 saturated carbocycles. The summed E-state index contributed by atoms with van der Waals surface area (Å²) in [5.74, 6) is -0.286. The van der Waals surface area contributed by atoms with Crippen LogP contribution in [0.2, 0.25) is 0 Å². The number of hydrogen-bond acceptors (Lipinski definition) is 7. The number of rotatable bonds is 7. The van der Waals surface area contributed by atoms with E-state index in [0.717, 1.165) is 11.8 Å². The highest BCUT2D eigenvalue weighted by Gasteiger charge is 2.34. The van der Waals surface area contributed by atoms with Crippen LogP contribution in [0.4, 0.5) is 0 Å². The van der Waals surface area contributed by atoms with Crippen molar-refractivity contribution in [2.45, 2.75) is 26.7 Å². The molecule has 0 aromatic heterocycles. The normalized spacial score (nSPS) is 16.4. The Morgan fingerprint density at radius 3 is 2.48 bits per heavy atom. The van der Waals surface area contributed by atoms with Crippen molar-refractivity contribution in [2.75, 3.05) is 20.8 Å². The molecule has 9 heteroatoms. The quantitative estimate of drug-likeness (QED) is 0.563. The Balaban J connectivity index is 2.55. The zero-order chi connectivity index (χ0) is 21.6. The highest BCUT2D eigenvalue weighted by Crippen LogP contribution is 2.41. The molecule has 0 fully saturated rings. The van der Waals surface area contributed by atoms with Gasteiger partial charge in [0.25, 0.3) is 0 Å². The van der Waals surface area contributed by atoms with Crippen LogP contribution in [-0.4, -0.2) is 42.9 Å². The molecule has 1 aliphatic heterocycles. The second-order valence-electron chi connectivity index (χ2n) is 5.84. The number of aliphatic hydroxyl groups excluding tert-OH is 1. The molecule has 0 saturated heterocycles. The first-order chi connectivity index (χ1) is 13.9. The molecular weight excluding hydrogens is 462 g/mol. The molecule has 1 heterocycles. The van der Waals surface area contributed by atoms with Gasteiger partial charge in [-0.2, -0.15) is 0 Å². The highest BCUT2D eigenvalue weighted by molar-refractivity contribution is 9.10. The second-order valence-corrected chi connectivity index (χ2v) is 7.73. The minimum absolute atomic E-state index is 0.112. The maximum Gasteiger partial charge on any atom is 0.344 e. The summed E-state index contributed by atoms with van der Waals surface area (Å²) in [5, 5.41) is 10.8. The predicted molar refractivity (Wildman–Crippen MR) is 116 cm³/mol. The van der Waals surface area contributed by atoms with Crippen molar-refractivity contribution in [2.24, 2.45) is 4.99 Å². The molecule has 1 aromatic carbocycles. The van der Waals surface area contributed by atoms with E-state index in [1.54, 1.807) is 32.2 Å². The average molecular weight is 484 g/mol. The lowest BCUT2D eigenvalue weighted by molar-refractivity contribution is -0.138. The van der Waals surface area contributed by atoms with Crippen LogP contribution < -0.4 is 9.47 Å². The largest absolute Gasteiger partial charge is 0.506 e. The van der Waals surface area contributed by atoms with Crippen LogP contribution >= 0.6 is 27.7 Å². The van der Waals surface area contributed by atoms with Gasteiger partial charge in [-0.15, -0.1) is 0 Å². The molecule has 29 heavy (non-hydrogen) atoms. The molecule has 156 valence electrons. The Morgan fingerprint density at radius 2 is 1.90 bits per heavy atom. The van der Waals surface area contributed by atoms with Gasteiger partial charge < -0.3 is 19.3 Å². The molecule has 1 aromatic rings. The molecule has 0 radical (unpaired) electrons. The van der Waals surface area contributed by atoms with Crippen LogP contribution in [0.15, 0.2) is 37.8 Å². The molecule has 0 spiro atoms. The van der Waals surface area contributed by atoms with Gasteiger partial charge in [0.2, 0.25) is 5.91 Å². The van der Waals surface area contributed by atoms with Gasteiger partial charge in [-0.3, -0.25) is 4.79 Å². The summed E-state index contributed by atoms with van der Waals surface area (Å²) in [6.45, 7) is 3.65. The lowest BCUT2D eigenvalue weighted by Gasteiger charge is -2.10. The van der Waals surface area contributed by atoms with Crippen molar-refractivity contribution in [3.05, 3.63) is 38.4 Å². The number of amides is 1. The number of aliphatic hydroxyl groups is 1. The Hall–Kier alpha value is -2.26. The summed E-state index contributed by atoms with van der Waals surface area (Å²) in [6.07, 6.45) is 2.53. The third-order valence-corrected chi connectivity index (χ3v) is 5.49. The van der Waals surface area contributed by atoms with Gasteiger partial charge >= 0.3 is 5.97 Å². The van der Waals surface area contributed by atoms with Crippen molar-refractivity contribution in [1.82, 2.24) is 0 Å². The van der Waals surface area contributed by atoms with Crippen molar-refractivity contribution in [3.63, 3.8) is 0 Å². The fourth-order valence-electron chi connectivity index (χ4n) is 2.51. The van der Waals surface area contributed by atoms with Gasteiger partial charge in [0.15, 0.2) is 0 Å². The standard InChI is InChI=1S/C20H22BrNO6S/c1-5-7-16(23)22-19-17(20(25)28-6-2)18(24)15(29-19)9-11-8-12(21)14(27-4)10-13(11)26-3/h8-10,24H,5-7H2,1-4H3/b15-9-,22-19?. The summed E-state index contributed by atoms with van der Waals surface area (Å²) in [4.78, 5) is 28.7. The van der Waals surface area contributed by atoms with Crippen LogP contribution in [0.5, 0.6) is 11.5 Å². The van der Waals surface area contributed by atoms with Crippen molar-refractivity contribution in [3.8, 4) is 11.5 Å². The van der Waals surface area contributed by atoms with Gasteiger partial charge in [0.05, 0.1) is 30.2 Å². The van der Waals surface area contributed by atoms with E-state index in [9.17, 15) is 14.7 Å². The number of thioether (sulfide) groups is 1. The highest BCUT2D eigenvalue weighted by atomic mass is 79.9. The van der Waals surface area contributed by atoms with Gasteiger partial charge in [-0.25, -0.2) is 9.79 Å². The third-order valence-electron chi connectivity index (χ3n) is 3.85. The Labute approximate surface area is 181 Å². The molecule has 0 unspecified atom stereocenters. The van der Waals surface area contributed by atoms with Crippen LogP contribution in [0, 0.1) is 0 Å². The minimum Gasteiger partial charge on any atom is -0.506 e.